The highest BCUT2D eigenvalue weighted by molar-refractivity contribution is 6.36. The molecular weight excluding hydrogens is 1020 g/mol. The molecule has 3 fully saturated rings. The quantitative estimate of drug-likeness (QED) is 0.104. The molecule has 10 rings (SSSR count). The van der Waals surface area contributed by atoms with Crippen LogP contribution in [-0.4, -0.2) is 106 Å². The molecule has 0 radical (unpaired) electrons. The number of nitrogens with one attached hydrogen (secondary N) is 2. The maximum Gasteiger partial charge on any atom is 0.573 e. The number of piperidine rings is 1. The third-order valence-electron chi connectivity index (χ3n) is 14.9. The standard InChI is InChI=1S/C57H59Cl2F3N6O6.C2H6/c1-55(2,3)74-54(71)65-26-22-56(23-27-65,64-53(70)72-35-48-43-12-6-4-10-41(43)42-11-5-7-13-44(42)48)52(69)63-24-9-25-66-33-46(37-17-19-40(20-18-37)73-57(60,61)62)45-28-36(16-21-51(45)66)30-67-31-39-29-38(67)32-68(39)34-47-49(58)14-8-15-50(47)59;1-2/h4-8,10-21,28,33,38-39,48H,9,22-27,29-32,34-35H2,1-3H3,(H,63,69)(H,64,70);1-2H3. The highest BCUT2D eigenvalue weighted by Crippen LogP contribution is 2.45. The minimum absolute atomic E-state index is 0.0701. The first-order valence-corrected chi connectivity index (χ1v) is 26.9. The molecule has 0 saturated carbocycles. The van der Waals surface area contributed by atoms with E-state index < -0.39 is 29.7 Å². The van der Waals surface area contributed by atoms with E-state index in [0.717, 1.165) is 81.5 Å². The van der Waals surface area contributed by atoms with Crippen molar-refractivity contribution in [1.82, 2.24) is 29.9 Å². The van der Waals surface area contributed by atoms with Crippen LogP contribution in [0.4, 0.5) is 22.8 Å². The summed E-state index contributed by atoms with van der Waals surface area (Å²) in [6.45, 7) is 13.8. The van der Waals surface area contributed by atoms with Crippen molar-refractivity contribution in [1.29, 1.82) is 0 Å². The van der Waals surface area contributed by atoms with Crippen LogP contribution in [0.15, 0.2) is 115 Å². The zero-order valence-electron chi connectivity index (χ0n) is 43.5. The zero-order chi connectivity index (χ0) is 53.9. The van der Waals surface area contributed by atoms with Gasteiger partial charge in [0.1, 0.15) is 23.5 Å². The molecule has 12 nitrogen and oxygen atoms in total. The molecule has 4 heterocycles. The summed E-state index contributed by atoms with van der Waals surface area (Å²) in [5.41, 5.74) is 6.80. The molecule has 4 aliphatic rings. The lowest BCUT2D eigenvalue weighted by atomic mass is 9.86. The fraction of sp³-hybridized carbons (Fsp3) is 0.407. The van der Waals surface area contributed by atoms with Crippen molar-refractivity contribution in [2.24, 2.45) is 0 Å². The molecule has 2 atom stereocenters. The van der Waals surface area contributed by atoms with Gasteiger partial charge in [-0.05, 0) is 116 Å². The van der Waals surface area contributed by atoms with E-state index in [1.54, 1.807) is 37.8 Å². The lowest BCUT2D eigenvalue weighted by Gasteiger charge is -2.41. The number of halogens is 5. The van der Waals surface area contributed by atoms with E-state index in [1.807, 2.05) is 74.6 Å². The van der Waals surface area contributed by atoms with Gasteiger partial charge in [0.05, 0.1) is 0 Å². The van der Waals surface area contributed by atoms with Gasteiger partial charge < -0.3 is 34.3 Å². The summed E-state index contributed by atoms with van der Waals surface area (Å²) in [7, 11) is 0. The van der Waals surface area contributed by atoms with Crippen LogP contribution in [-0.2, 0) is 33.9 Å². The van der Waals surface area contributed by atoms with Gasteiger partial charge in [0.2, 0.25) is 5.91 Å². The SMILES string of the molecule is CC.CC(C)(C)OC(=O)N1CCC(NC(=O)OCC2c3ccccc3-c3ccccc32)(C(=O)NCCCn2cc(-c3ccc(OC(F)(F)F)cc3)c3cc(CN4CC5CC4CN5Cc4c(Cl)cccc4Cl)ccc32)CC1. The molecule has 0 spiro atoms. The van der Waals surface area contributed by atoms with E-state index in [1.165, 1.54) is 12.1 Å². The van der Waals surface area contributed by atoms with E-state index in [2.05, 4.69) is 60.1 Å². The number of fused-ring (bicyclic) bond motifs is 6. The Kier molecular flexibility index (Phi) is 16.3. The summed E-state index contributed by atoms with van der Waals surface area (Å²) < 4.78 is 57.2. The van der Waals surface area contributed by atoms with Gasteiger partial charge >= 0.3 is 18.5 Å². The van der Waals surface area contributed by atoms with Crippen LogP contribution < -0.4 is 15.4 Å². The highest BCUT2D eigenvalue weighted by atomic mass is 35.5. The minimum Gasteiger partial charge on any atom is -0.449 e. The number of carbonyl (C=O) groups is 3. The summed E-state index contributed by atoms with van der Waals surface area (Å²) in [5, 5.41) is 8.31. The molecule has 6 aromatic rings. The van der Waals surface area contributed by atoms with Crippen molar-refractivity contribution in [3.8, 4) is 28.0 Å². The predicted molar refractivity (Wildman–Crippen MR) is 290 cm³/mol. The Labute approximate surface area is 452 Å². The summed E-state index contributed by atoms with van der Waals surface area (Å²) in [4.78, 5) is 47.8. The van der Waals surface area contributed by atoms with E-state index in [4.69, 9.17) is 32.7 Å². The average Bonchev–Trinajstić information content (AvgIpc) is 4.16. The van der Waals surface area contributed by atoms with E-state index in [9.17, 15) is 27.6 Å². The Hall–Kier alpha value is -6.26. The topological polar surface area (TPSA) is 118 Å². The summed E-state index contributed by atoms with van der Waals surface area (Å²) in [5.74, 6) is -0.867. The lowest BCUT2D eigenvalue weighted by molar-refractivity contribution is -0.274. The Bertz CT molecular complexity index is 3000. The lowest BCUT2D eigenvalue weighted by Crippen LogP contribution is -2.64. The third kappa shape index (κ3) is 12.1. The van der Waals surface area contributed by atoms with Crippen LogP contribution in [0.25, 0.3) is 33.2 Å². The van der Waals surface area contributed by atoms with Crippen LogP contribution in [0.5, 0.6) is 5.75 Å². The number of rotatable bonds is 14. The average molecular weight is 1080 g/mol. The van der Waals surface area contributed by atoms with E-state index >= 15 is 0 Å². The van der Waals surface area contributed by atoms with Gasteiger partial charge in [-0.2, -0.15) is 0 Å². The van der Waals surface area contributed by atoms with Crippen molar-refractivity contribution >= 4 is 52.2 Å². The highest BCUT2D eigenvalue weighted by Gasteiger charge is 2.46. The molecule has 3 aliphatic heterocycles. The fourth-order valence-corrected chi connectivity index (χ4v) is 11.8. The number of nitrogens with zero attached hydrogens (tertiary/aromatic N) is 4. The molecule has 2 N–H and O–H groups in total. The normalized spacial score (nSPS) is 18.2. The van der Waals surface area contributed by atoms with Gasteiger partial charge in [0.15, 0.2) is 0 Å². The Morgan fingerprint density at radius 2 is 1.38 bits per heavy atom. The Morgan fingerprint density at radius 3 is 1.99 bits per heavy atom. The molecule has 17 heteroatoms. The first kappa shape index (κ1) is 54.5. The zero-order valence-corrected chi connectivity index (χ0v) is 45.0. The molecule has 1 aromatic heterocycles. The molecular formula is C59H65Cl2F3N6O6. The molecule has 2 bridgehead atoms. The molecule has 402 valence electrons. The van der Waals surface area contributed by atoms with Crippen molar-refractivity contribution < 1.29 is 41.8 Å². The second-order valence-corrected chi connectivity index (χ2v) is 21.7. The molecule has 2 unspecified atom stereocenters. The molecule has 76 heavy (non-hydrogen) atoms. The number of alkyl halides is 3. The first-order chi connectivity index (χ1) is 36.4. The summed E-state index contributed by atoms with van der Waals surface area (Å²) in [6, 6.07) is 34.7. The van der Waals surface area contributed by atoms with Crippen molar-refractivity contribution in [3.05, 3.63) is 148 Å². The van der Waals surface area contributed by atoms with Crippen molar-refractivity contribution in [2.75, 3.05) is 39.3 Å². The number of benzene rings is 5. The summed E-state index contributed by atoms with van der Waals surface area (Å²) >= 11 is 13.1. The number of likely N-dealkylation sites (tertiary alicyclic amines) is 3. The van der Waals surface area contributed by atoms with Gasteiger partial charge in [-0.3, -0.25) is 14.6 Å². The number of aromatic nitrogens is 1. The van der Waals surface area contributed by atoms with E-state index in [-0.39, 0.29) is 56.7 Å². The minimum atomic E-state index is -4.82. The van der Waals surface area contributed by atoms with Crippen LogP contribution in [0.2, 0.25) is 10.0 Å². The number of piperazine rings is 1. The second kappa shape index (κ2) is 22.8. The number of carbonyl (C=O) groups excluding carboxylic acids is 3. The fourth-order valence-electron chi connectivity index (χ4n) is 11.3. The number of hydrogen-bond donors (Lipinski definition) is 2. The van der Waals surface area contributed by atoms with Crippen LogP contribution in [0.1, 0.15) is 88.5 Å². The van der Waals surface area contributed by atoms with Gasteiger partial charge in [-0.1, -0.05) is 110 Å². The number of amides is 3. The number of hydrogen-bond acceptors (Lipinski definition) is 8. The first-order valence-electron chi connectivity index (χ1n) is 26.2. The smallest absolute Gasteiger partial charge is 0.449 e. The van der Waals surface area contributed by atoms with Gasteiger partial charge in [0.25, 0.3) is 0 Å². The second-order valence-electron chi connectivity index (χ2n) is 20.9. The van der Waals surface area contributed by atoms with Crippen LogP contribution in [0, 0.1) is 0 Å². The number of alkyl carbamates (subject to hydrolysis) is 1. The van der Waals surface area contributed by atoms with Gasteiger partial charge in [0, 0.05) is 109 Å². The summed E-state index contributed by atoms with van der Waals surface area (Å²) in [6.07, 6.45) is -2.21. The maximum absolute atomic E-state index is 14.4. The molecule has 3 saturated heterocycles. The van der Waals surface area contributed by atoms with E-state index in [0.29, 0.717) is 41.6 Å². The largest absolute Gasteiger partial charge is 0.573 e. The molecule has 1 aliphatic carbocycles. The van der Waals surface area contributed by atoms with Gasteiger partial charge in [-0.25, -0.2) is 9.59 Å². The predicted octanol–water partition coefficient (Wildman–Crippen LogP) is 12.8. The number of aryl methyl sites for hydroxylation is 1. The number of ether oxygens (including phenoxy) is 3. The third-order valence-corrected chi connectivity index (χ3v) is 15.6. The monoisotopic (exact) mass is 1080 g/mol. The van der Waals surface area contributed by atoms with Crippen molar-refractivity contribution in [2.45, 2.75) is 115 Å². The molecule has 3 amide bonds. The van der Waals surface area contributed by atoms with Crippen LogP contribution in [0.3, 0.4) is 0 Å². The van der Waals surface area contributed by atoms with Crippen LogP contribution >= 0.6 is 23.2 Å². The van der Waals surface area contributed by atoms with Crippen molar-refractivity contribution in [3.63, 3.8) is 0 Å². The molecule has 5 aromatic carbocycles. The Morgan fingerprint density at radius 1 is 0.763 bits per heavy atom. The van der Waals surface area contributed by atoms with Gasteiger partial charge in [-0.15, -0.1) is 13.2 Å². The maximum atomic E-state index is 14.4. The Balaban J connectivity index is 0.00000349.